The van der Waals surface area contributed by atoms with E-state index in [2.05, 4.69) is 22.5 Å². The van der Waals surface area contributed by atoms with Crippen LogP contribution in [0.3, 0.4) is 0 Å². The lowest BCUT2D eigenvalue weighted by Crippen LogP contribution is -2.14. The van der Waals surface area contributed by atoms with E-state index in [1.165, 1.54) is 0 Å². The smallest absolute Gasteiger partial charge is 0.332 e. The number of rotatable bonds is 8. The quantitative estimate of drug-likeness (QED) is 0.505. The highest BCUT2D eigenvalue weighted by Crippen LogP contribution is 2.17. The molecule has 0 aromatic carbocycles. The first-order valence-electron chi connectivity index (χ1n) is 5.99. The van der Waals surface area contributed by atoms with Crippen molar-refractivity contribution < 1.29 is 14.3 Å². The Morgan fingerprint density at radius 3 is 2.50 bits per heavy atom. The minimum atomic E-state index is -0.343. The SMILES string of the molecule is C=C(CC)C(=CC(Br)=CC)COCC(=O)OCC. The summed E-state index contributed by atoms with van der Waals surface area (Å²) in [6.07, 6.45) is 4.74. The summed E-state index contributed by atoms with van der Waals surface area (Å²) in [7, 11) is 0. The zero-order valence-electron chi connectivity index (χ0n) is 11.3. The molecule has 18 heavy (non-hydrogen) atoms. The maximum absolute atomic E-state index is 11.1. The molecule has 0 aliphatic rings. The van der Waals surface area contributed by atoms with Gasteiger partial charge < -0.3 is 9.47 Å². The van der Waals surface area contributed by atoms with E-state index in [0.29, 0.717) is 13.2 Å². The minimum absolute atomic E-state index is 0.0321. The number of halogens is 1. The summed E-state index contributed by atoms with van der Waals surface area (Å²) in [4.78, 5) is 11.1. The zero-order valence-corrected chi connectivity index (χ0v) is 12.9. The van der Waals surface area contributed by atoms with E-state index >= 15 is 0 Å². The Hall–Kier alpha value is -0.870. The molecule has 102 valence electrons. The van der Waals surface area contributed by atoms with Gasteiger partial charge in [0.15, 0.2) is 0 Å². The molecule has 0 aromatic rings. The van der Waals surface area contributed by atoms with Gasteiger partial charge in [0.1, 0.15) is 6.61 Å². The summed E-state index contributed by atoms with van der Waals surface area (Å²) in [6, 6.07) is 0. The molecule has 3 nitrogen and oxygen atoms in total. The Bertz CT molecular complexity index is 343. The van der Waals surface area contributed by atoms with E-state index in [9.17, 15) is 4.79 Å². The lowest BCUT2D eigenvalue weighted by Gasteiger charge is -2.10. The molecule has 0 spiro atoms. The number of hydrogen-bond donors (Lipinski definition) is 0. The molecular formula is C14H21BrO3. The first-order chi connectivity index (χ1) is 8.54. The van der Waals surface area contributed by atoms with Crippen LogP contribution in [0.2, 0.25) is 0 Å². The Kier molecular flexibility index (Phi) is 9.60. The van der Waals surface area contributed by atoms with E-state index in [0.717, 1.165) is 22.0 Å². The molecule has 0 aliphatic heterocycles. The molecule has 0 unspecified atom stereocenters. The minimum Gasteiger partial charge on any atom is -0.464 e. The number of carbonyl (C=O) groups excluding carboxylic acids is 1. The van der Waals surface area contributed by atoms with Crippen molar-refractivity contribution in [1.29, 1.82) is 0 Å². The highest BCUT2D eigenvalue weighted by atomic mass is 79.9. The average molecular weight is 317 g/mol. The van der Waals surface area contributed by atoms with Gasteiger partial charge in [0.05, 0.1) is 13.2 Å². The van der Waals surface area contributed by atoms with Crippen molar-refractivity contribution in [1.82, 2.24) is 0 Å². The van der Waals surface area contributed by atoms with Crippen LogP contribution in [0.15, 0.2) is 34.4 Å². The third-order valence-electron chi connectivity index (χ3n) is 2.25. The fraction of sp³-hybridized carbons (Fsp3) is 0.500. The van der Waals surface area contributed by atoms with E-state index in [-0.39, 0.29) is 12.6 Å². The second kappa shape index (κ2) is 10.1. The monoisotopic (exact) mass is 316 g/mol. The van der Waals surface area contributed by atoms with Crippen LogP contribution < -0.4 is 0 Å². The molecule has 0 aromatic heterocycles. The highest BCUT2D eigenvalue weighted by molar-refractivity contribution is 9.11. The molecule has 0 rings (SSSR count). The summed E-state index contributed by atoms with van der Waals surface area (Å²) < 4.78 is 11.1. The number of carbonyl (C=O) groups is 1. The Balaban J connectivity index is 4.40. The van der Waals surface area contributed by atoms with Crippen molar-refractivity contribution in [3.05, 3.63) is 34.4 Å². The normalized spacial score (nSPS) is 12.4. The van der Waals surface area contributed by atoms with Gasteiger partial charge in [-0.3, -0.25) is 0 Å². The van der Waals surface area contributed by atoms with E-state index < -0.39 is 0 Å². The third-order valence-corrected chi connectivity index (χ3v) is 2.94. The Labute approximate surface area is 118 Å². The lowest BCUT2D eigenvalue weighted by molar-refractivity contribution is -0.148. The first-order valence-corrected chi connectivity index (χ1v) is 6.78. The van der Waals surface area contributed by atoms with Crippen LogP contribution in [-0.4, -0.2) is 25.8 Å². The second-order valence-electron chi connectivity index (χ2n) is 3.60. The fourth-order valence-corrected chi connectivity index (χ4v) is 1.45. The van der Waals surface area contributed by atoms with Crippen molar-refractivity contribution in [3.8, 4) is 0 Å². The van der Waals surface area contributed by atoms with Gasteiger partial charge in [-0.1, -0.05) is 35.5 Å². The Morgan fingerprint density at radius 1 is 1.33 bits per heavy atom. The van der Waals surface area contributed by atoms with E-state index in [1.807, 2.05) is 26.0 Å². The number of ether oxygens (including phenoxy) is 2. The summed E-state index contributed by atoms with van der Waals surface area (Å²) in [5.41, 5.74) is 1.98. The summed E-state index contributed by atoms with van der Waals surface area (Å²) >= 11 is 3.42. The van der Waals surface area contributed by atoms with Gasteiger partial charge in [-0.05, 0) is 37.5 Å². The van der Waals surface area contributed by atoms with Crippen LogP contribution in [-0.2, 0) is 14.3 Å². The van der Waals surface area contributed by atoms with Gasteiger partial charge in [-0.25, -0.2) is 4.79 Å². The third kappa shape index (κ3) is 7.45. The molecule has 0 atom stereocenters. The molecule has 0 radical (unpaired) electrons. The second-order valence-corrected chi connectivity index (χ2v) is 4.51. The van der Waals surface area contributed by atoms with Crippen molar-refractivity contribution in [2.24, 2.45) is 0 Å². The number of esters is 1. The number of allylic oxidation sites excluding steroid dienone is 3. The maximum Gasteiger partial charge on any atom is 0.332 e. The molecular weight excluding hydrogens is 296 g/mol. The maximum atomic E-state index is 11.1. The standard InChI is InChI=1S/C14H21BrO3/c1-5-11(4)12(8-13(15)6-2)9-17-10-14(16)18-7-3/h6,8H,4-5,7,9-10H2,1-3H3. The molecule has 0 heterocycles. The van der Waals surface area contributed by atoms with Crippen LogP contribution in [0.25, 0.3) is 0 Å². The molecule has 4 heteroatoms. The zero-order chi connectivity index (χ0) is 14.0. The molecule has 0 N–H and O–H groups in total. The molecule has 0 saturated carbocycles. The molecule has 0 saturated heterocycles. The summed E-state index contributed by atoms with van der Waals surface area (Å²) in [5.74, 6) is -0.343. The van der Waals surface area contributed by atoms with Crippen molar-refractivity contribution in [2.45, 2.75) is 27.2 Å². The van der Waals surface area contributed by atoms with Gasteiger partial charge >= 0.3 is 5.97 Å². The molecule has 0 bridgehead atoms. The summed E-state index contributed by atoms with van der Waals surface area (Å²) in [5, 5.41) is 0. The van der Waals surface area contributed by atoms with Gasteiger partial charge in [-0.2, -0.15) is 0 Å². The average Bonchev–Trinajstić information content (AvgIpc) is 2.36. The van der Waals surface area contributed by atoms with Crippen LogP contribution in [0, 0.1) is 0 Å². The molecule has 0 amide bonds. The molecule has 0 aliphatic carbocycles. The van der Waals surface area contributed by atoms with Gasteiger partial charge in [-0.15, -0.1) is 0 Å². The van der Waals surface area contributed by atoms with E-state index in [4.69, 9.17) is 9.47 Å². The van der Waals surface area contributed by atoms with Crippen molar-refractivity contribution in [2.75, 3.05) is 19.8 Å². The predicted molar refractivity (Wildman–Crippen MR) is 77.7 cm³/mol. The highest BCUT2D eigenvalue weighted by Gasteiger charge is 2.05. The fourth-order valence-electron chi connectivity index (χ4n) is 1.17. The van der Waals surface area contributed by atoms with Crippen LogP contribution >= 0.6 is 15.9 Å². The van der Waals surface area contributed by atoms with E-state index in [1.54, 1.807) is 6.92 Å². The van der Waals surface area contributed by atoms with Gasteiger partial charge in [0.25, 0.3) is 0 Å². The van der Waals surface area contributed by atoms with Crippen LogP contribution in [0.5, 0.6) is 0 Å². The van der Waals surface area contributed by atoms with Crippen LogP contribution in [0.1, 0.15) is 27.2 Å². The van der Waals surface area contributed by atoms with Gasteiger partial charge in [0, 0.05) is 4.48 Å². The topological polar surface area (TPSA) is 35.5 Å². The lowest BCUT2D eigenvalue weighted by atomic mass is 10.1. The largest absolute Gasteiger partial charge is 0.464 e. The van der Waals surface area contributed by atoms with Crippen molar-refractivity contribution >= 4 is 21.9 Å². The first kappa shape index (κ1) is 17.1. The van der Waals surface area contributed by atoms with Crippen LogP contribution in [0.4, 0.5) is 0 Å². The van der Waals surface area contributed by atoms with Crippen molar-refractivity contribution in [3.63, 3.8) is 0 Å². The predicted octanol–water partition coefficient (Wildman–Crippen LogP) is 3.76. The Morgan fingerprint density at radius 2 is 2.00 bits per heavy atom. The number of hydrogen-bond acceptors (Lipinski definition) is 3. The van der Waals surface area contributed by atoms with Gasteiger partial charge in [0.2, 0.25) is 0 Å². The molecule has 0 fully saturated rings. The summed E-state index contributed by atoms with van der Waals surface area (Å²) in [6.45, 7) is 10.4.